The predicted molar refractivity (Wildman–Crippen MR) is 289 cm³/mol. The molecule has 4 aliphatic heterocycles. The minimum atomic E-state index is -0.583. The average molecular weight is 1050 g/mol. The normalized spacial score (nSPS) is 20.1. The van der Waals surface area contributed by atoms with Gasteiger partial charge in [-0.3, -0.25) is 19.3 Å². The highest BCUT2D eigenvalue weighted by Gasteiger charge is 2.52. The van der Waals surface area contributed by atoms with E-state index in [1.807, 2.05) is 90.4 Å². The number of carbonyl (C=O) groups is 4. The summed E-state index contributed by atoms with van der Waals surface area (Å²) in [6, 6.07) is 19.1. The Labute approximate surface area is 445 Å². The van der Waals surface area contributed by atoms with Crippen LogP contribution < -0.4 is 5.32 Å². The van der Waals surface area contributed by atoms with E-state index in [0.29, 0.717) is 64.4 Å². The molecule has 1 saturated carbocycles. The van der Waals surface area contributed by atoms with E-state index in [0.717, 1.165) is 89.9 Å². The van der Waals surface area contributed by atoms with Crippen molar-refractivity contribution in [3.63, 3.8) is 0 Å². The van der Waals surface area contributed by atoms with Crippen LogP contribution in [0, 0.1) is 31.0 Å². The first-order valence-electron chi connectivity index (χ1n) is 25.9. The maximum atomic E-state index is 15.4. The van der Waals surface area contributed by atoms with E-state index < -0.39 is 18.1 Å². The number of hydrogen-bond donors (Lipinski definition) is 3. The topological polar surface area (TPSA) is 162 Å². The zero-order valence-corrected chi connectivity index (χ0v) is 45.0. The lowest BCUT2D eigenvalue weighted by Crippen LogP contribution is -2.62. The number of ether oxygens (including phenoxy) is 2. The molecular weight excluding hydrogens is 990 g/mol. The summed E-state index contributed by atoms with van der Waals surface area (Å²) in [5.74, 6) is -0.675. The molecule has 0 radical (unpaired) electrons. The number of aldehydes is 1. The lowest BCUT2D eigenvalue weighted by Gasteiger charge is -2.59. The molecule has 2 aliphatic carbocycles. The van der Waals surface area contributed by atoms with E-state index in [2.05, 4.69) is 40.5 Å². The number of hydrogen-bond acceptors (Lipinski definition) is 13. The van der Waals surface area contributed by atoms with Crippen molar-refractivity contribution < 1.29 is 43.3 Å². The number of halogens is 1. The van der Waals surface area contributed by atoms with Crippen LogP contribution in [0.4, 0.5) is 9.18 Å². The van der Waals surface area contributed by atoms with Crippen molar-refractivity contribution in [3.8, 4) is 11.5 Å². The Balaban J connectivity index is 0.000000473. The van der Waals surface area contributed by atoms with Crippen LogP contribution in [-0.2, 0) is 63.1 Å². The molecule has 6 aliphatic rings. The van der Waals surface area contributed by atoms with Gasteiger partial charge in [0.25, 0.3) is 0 Å². The molecule has 2 amide bonds. The Kier molecular flexibility index (Phi) is 14.8. The van der Waals surface area contributed by atoms with Gasteiger partial charge in [-0.25, -0.2) is 14.2 Å². The molecule has 16 heteroatoms. The molecule has 13 nitrogen and oxygen atoms in total. The first-order valence-corrected chi connectivity index (χ1v) is 28.1. The molecular formula is C59H64FN5O8S2. The first kappa shape index (κ1) is 52.1. The molecule has 3 N–H and O–H groups in total. The third-order valence-corrected chi connectivity index (χ3v) is 18.8. The summed E-state index contributed by atoms with van der Waals surface area (Å²) < 4.78 is 26.5. The summed E-state index contributed by atoms with van der Waals surface area (Å²) in [5, 5.41) is 23.3. The molecule has 2 fully saturated rings. The van der Waals surface area contributed by atoms with Crippen molar-refractivity contribution in [2.45, 2.75) is 122 Å². The van der Waals surface area contributed by atoms with Gasteiger partial charge in [-0.2, -0.15) is 0 Å². The van der Waals surface area contributed by atoms with Crippen molar-refractivity contribution in [1.29, 1.82) is 0 Å². The standard InChI is InChI=1S/C49H50FN5O6S2.C10H14O2/c1-4-36-38(33(22-56)24-60-47(36)58)14-43-46-39(21-53(43)3)45-41(12-11-37-28(2)40(50)15-42(51-46)44(37)45)52-48(59)61-23-29-6-9-34(10-7-29)62-63-35-16-49(17-35)25-55(26-49)18-30-5-8-31-19-54(27-57)20-32(31)13-30;1-6(2)8-4-7(3)9(11)5-10(8)12/h5-10,13-15,22,27,35-36,41H,4,11-12,16-21,23-26H2,1-3H3,(H,52,59);4-6,11-12H,1-3H3/b43-14-;. The summed E-state index contributed by atoms with van der Waals surface area (Å²) in [4.78, 5) is 62.1. The van der Waals surface area contributed by atoms with Gasteiger partial charge in [-0.15, -0.1) is 0 Å². The molecule has 4 aromatic carbocycles. The van der Waals surface area contributed by atoms with Gasteiger partial charge in [0.1, 0.15) is 36.8 Å². The fourth-order valence-corrected chi connectivity index (χ4v) is 14.7. The van der Waals surface area contributed by atoms with Crippen LogP contribution in [0.1, 0.15) is 120 Å². The molecule has 75 heavy (non-hydrogen) atoms. The number of phenolic OH excluding ortho intramolecular Hbond substituents is 2. The average Bonchev–Trinajstić information content (AvgIpc) is 3.95. The van der Waals surface area contributed by atoms with Crippen LogP contribution in [0.15, 0.2) is 82.8 Å². The number of pyridine rings is 1. The summed E-state index contributed by atoms with van der Waals surface area (Å²) in [5.41, 5.74) is 13.1. The number of nitrogens with one attached hydrogen (secondary N) is 1. The van der Waals surface area contributed by atoms with Crippen LogP contribution in [0.2, 0.25) is 0 Å². The number of aryl methyl sites for hydroxylation is 2. The van der Waals surface area contributed by atoms with E-state index in [4.69, 9.17) is 14.5 Å². The molecule has 392 valence electrons. The van der Waals surface area contributed by atoms with Crippen LogP contribution in [0.5, 0.6) is 11.5 Å². The Morgan fingerprint density at radius 2 is 1.73 bits per heavy atom. The Morgan fingerprint density at radius 3 is 2.45 bits per heavy atom. The van der Waals surface area contributed by atoms with Crippen LogP contribution in [0.3, 0.4) is 0 Å². The zero-order valence-electron chi connectivity index (χ0n) is 43.3. The van der Waals surface area contributed by atoms with Gasteiger partial charge in [0, 0.05) is 85.1 Å². The number of carbonyl (C=O) groups excluding carboxylic acids is 4. The molecule has 5 heterocycles. The van der Waals surface area contributed by atoms with Crippen molar-refractivity contribution in [2.24, 2.45) is 11.3 Å². The predicted octanol–water partition coefficient (Wildman–Crippen LogP) is 10.9. The van der Waals surface area contributed by atoms with Gasteiger partial charge in [-0.1, -0.05) is 72.7 Å². The number of nitrogens with zero attached hydrogens (tertiary/aromatic N) is 4. The fraction of sp³-hybridized carbons (Fsp3) is 0.407. The smallest absolute Gasteiger partial charge is 0.407 e. The summed E-state index contributed by atoms with van der Waals surface area (Å²) >= 11 is 0. The number of esters is 1. The van der Waals surface area contributed by atoms with Crippen LogP contribution in [0.25, 0.3) is 16.6 Å². The monoisotopic (exact) mass is 1050 g/mol. The van der Waals surface area contributed by atoms with E-state index in [1.165, 1.54) is 46.6 Å². The number of rotatable bonds is 13. The highest BCUT2D eigenvalue weighted by molar-refractivity contribution is 8.77. The van der Waals surface area contributed by atoms with Crippen LogP contribution in [-0.4, -0.2) is 86.6 Å². The van der Waals surface area contributed by atoms with E-state index in [9.17, 15) is 29.4 Å². The highest BCUT2D eigenvalue weighted by atomic mass is 33.1. The number of benzene rings is 4. The lowest BCUT2D eigenvalue weighted by atomic mass is 9.63. The Bertz CT molecular complexity index is 3160. The van der Waals surface area contributed by atoms with E-state index in [1.54, 1.807) is 6.92 Å². The minimum Gasteiger partial charge on any atom is -0.508 e. The summed E-state index contributed by atoms with van der Waals surface area (Å²) in [7, 11) is 5.69. The molecule has 11 rings (SSSR count). The fourth-order valence-electron chi connectivity index (χ4n) is 11.9. The quantitative estimate of drug-likeness (QED) is 0.0581. The Hall–Kier alpha value is -6.36. The van der Waals surface area contributed by atoms with Crippen LogP contribution >= 0.6 is 21.6 Å². The number of cyclic esters (lactones) is 1. The number of amides is 2. The zero-order chi connectivity index (χ0) is 52.9. The summed E-state index contributed by atoms with van der Waals surface area (Å²) in [6.07, 6.45) is 7.10. The number of aromatic hydroxyl groups is 2. The van der Waals surface area contributed by atoms with Gasteiger partial charge in [0.2, 0.25) is 6.41 Å². The number of likely N-dealkylation sites (tertiary alicyclic amines) is 1. The van der Waals surface area contributed by atoms with E-state index >= 15 is 4.39 Å². The minimum absolute atomic E-state index is 0.0834. The lowest BCUT2D eigenvalue weighted by molar-refractivity contribution is -0.147. The largest absolute Gasteiger partial charge is 0.508 e. The molecule has 1 aromatic heterocycles. The summed E-state index contributed by atoms with van der Waals surface area (Å²) in [6.45, 7) is 14.7. The number of fused-ring (bicyclic) bond motifs is 3. The third kappa shape index (κ3) is 10.5. The second-order valence-corrected chi connectivity index (χ2v) is 24.1. The van der Waals surface area contributed by atoms with Gasteiger partial charge in [0.15, 0.2) is 0 Å². The third-order valence-electron chi connectivity index (χ3n) is 15.9. The second kappa shape index (κ2) is 21.3. The number of aromatic nitrogens is 1. The van der Waals surface area contributed by atoms with E-state index in [-0.39, 0.29) is 42.4 Å². The SMILES string of the molecule is CCC1C(=O)OCC(C=O)=C1/C=C1/c2nc3cc(F)c(C)c4c3c(c2CN1C)C(NC(=O)OCc1ccc(SSC2CC3(C2)CN(Cc2ccc5c(c2)CN(C=O)C5)C3)cc1)CC4.Cc1cc(C(C)C)c(O)cc1O. The second-order valence-electron chi connectivity index (χ2n) is 21.5. The number of phenols is 2. The molecule has 5 aromatic rings. The van der Waals surface area contributed by atoms with Crippen molar-refractivity contribution in [3.05, 3.63) is 145 Å². The molecule has 1 saturated heterocycles. The van der Waals surface area contributed by atoms with Gasteiger partial charge >= 0.3 is 12.1 Å². The molecule has 0 bridgehead atoms. The molecule has 2 atom stereocenters. The molecule has 1 spiro atoms. The maximum absolute atomic E-state index is 15.4. The number of allylic oxidation sites excluding steroid dienone is 1. The first-order chi connectivity index (χ1) is 36.0. The Morgan fingerprint density at radius 1 is 0.987 bits per heavy atom. The van der Waals surface area contributed by atoms with Gasteiger partial charge < -0.3 is 34.8 Å². The maximum Gasteiger partial charge on any atom is 0.407 e. The number of alkyl carbamates (subject to hydrolysis) is 1. The highest BCUT2D eigenvalue weighted by Crippen LogP contribution is 2.56. The van der Waals surface area contributed by atoms with Crippen molar-refractivity contribution >= 4 is 62.9 Å². The van der Waals surface area contributed by atoms with Crippen molar-refractivity contribution in [1.82, 2.24) is 25.0 Å². The van der Waals surface area contributed by atoms with Gasteiger partial charge in [0.05, 0.1) is 28.9 Å². The van der Waals surface area contributed by atoms with Gasteiger partial charge in [-0.05, 0) is 137 Å². The molecule has 2 unspecified atom stereocenters. The van der Waals surface area contributed by atoms with Crippen molar-refractivity contribution in [2.75, 3.05) is 26.7 Å².